The Labute approximate surface area is 110 Å². The lowest BCUT2D eigenvalue weighted by molar-refractivity contribution is -0.113. The topological polar surface area (TPSA) is 73.6 Å². The molecule has 18 heavy (non-hydrogen) atoms. The average Bonchev–Trinajstić information content (AvgIpc) is 2.75. The van der Waals surface area contributed by atoms with Crippen LogP contribution in [0.4, 0.5) is 5.69 Å². The van der Waals surface area contributed by atoms with Crippen molar-refractivity contribution >= 4 is 23.4 Å². The van der Waals surface area contributed by atoms with Gasteiger partial charge in [0.25, 0.3) is 0 Å². The third kappa shape index (κ3) is 3.54. The first-order valence-electron chi connectivity index (χ1n) is 5.68. The second-order valence-electron chi connectivity index (χ2n) is 4.11. The summed E-state index contributed by atoms with van der Waals surface area (Å²) in [5.74, 6) is 2.50. The molecule has 0 saturated carbocycles. The molecule has 1 aromatic carbocycles. The summed E-state index contributed by atoms with van der Waals surface area (Å²) in [6.45, 7) is 2.15. The summed E-state index contributed by atoms with van der Waals surface area (Å²) >= 11 is 1.52. The van der Waals surface area contributed by atoms with Gasteiger partial charge in [0.2, 0.25) is 12.7 Å². The molecule has 0 aliphatic carbocycles. The van der Waals surface area contributed by atoms with Crippen molar-refractivity contribution in [2.24, 2.45) is 5.73 Å². The van der Waals surface area contributed by atoms with Crippen LogP contribution in [0.1, 0.15) is 6.92 Å². The van der Waals surface area contributed by atoms with E-state index in [1.54, 1.807) is 18.2 Å². The normalized spacial score (nSPS) is 14.3. The molecule has 0 spiro atoms. The number of carbonyl (C=O) groups is 1. The van der Waals surface area contributed by atoms with Gasteiger partial charge in [0.15, 0.2) is 11.5 Å². The van der Waals surface area contributed by atoms with E-state index < -0.39 is 0 Å². The molecule has 5 nitrogen and oxygen atoms in total. The predicted octanol–water partition coefficient (Wildman–Crippen LogP) is 1.43. The molecule has 2 rings (SSSR count). The van der Waals surface area contributed by atoms with E-state index in [1.165, 1.54) is 11.8 Å². The van der Waals surface area contributed by atoms with Crippen molar-refractivity contribution in [3.63, 3.8) is 0 Å². The second kappa shape index (κ2) is 5.97. The molecular weight excluding hydrogens is 252 g/mol. The molecular formula is C12H16N2O3S. The SMILES string of the molecule is CC(N)CSCC(=O)Nc1ccc2c(c1)OCO2. The van der Waals surface area contributed by atoms with Crippen LogP contribution in [0.15, 0.2) is 18.2 Å². The number of fused-ring (bicyclic) bond motifs is 1. The van der Waals surface area contributed by atoms with Crippen molar-refractivity contribution in [2.45, 2.75) is 13.0 Å². The average molecular weight is 268 g/mol. The summed E-state index contributed by atoms with van der Waals surface area (Å²) in [5.41, 5.74) is 6.32. The lowest BCUT2D eigenvalue weighted by Gasteiger charge is -2.07. The molecule has 1 heterocycles. The molecule has 1 aliphatic heterocycles. The van der Waals surface area contributed by atoms with Gasteiger partial charge in [0.05, 0.1) is 5.75 Å². The molecule has 1 atom stereocenters. The van der Waals surface area contributed by atoms with Crippen LogP contribution >= 0.6 is 11.8 Å². The first-order valence-corrected chi connectivity index (χ1v) is 6.83. The van der Waals surface area contributed by atoms with Gasteiger partial charge < -0.3 is 20.5 Å². The molecule has 0 aromatic heterocycles. The number of rotatable bonds is 5. The van der Waals surface area contributed by atoms with Crippen molar-refractivity contribution in [1.82, 2.24) is 0 Å². The number of hydrogen-bond acceptors (Lipinski definition) is 5. The summed E-state index contributed by atoms with van der Waals surface area (Å²) in [4.78, 5) is 11.6. The predicted molar refractivity (Wildman–Crippen MR) is 72.2 cm³/mol. The van der Waals surface area contributed by atoms with E-state index >= 15 is 0 Å². The van der Waals surface area contributed by atoms with Crippen molar-refractivity contribution in [1.29, 1.82) is 0 Å². The van der Waals surface area contributed by atoms with Crippen molar-refractivity contribution in [3.8, 4) is 11.5 Å². The van der Waals surface area contributed by atoms with Crippen LogP contribution < -0.4 is 20.5 Å². The van der Waals surface area contributed by atoms with Crippen molar-refractivity contribution in [3.05, 3.63) is 18.2 Å². The van der Waals surface area contributed by atoms with Crippen LogP contribution in [0.3, 0.4) is 0 Å². The van der Waals surface area contributed by atoms with Gasteiger partial charge in [0.1, 0.15) is 0 Å². The number of nitrogens with one attached hydrogen (secondary N) is 1. The monoisotopic (exact) mass is 268 g/mol. The summed E-state index contributed by atoms with van der Waals surface area (Å²) in [6, 6.07) is 5.44. The van der Waals surface area contributed by atoms with Gasteiger partial charge in [-0.15, -0.1) is 0 Å². The van der Waals surface area contributed by atoms with Crippen LogP contribution in [0.5, 0.6) is 11.5 Å². The Bertz CT molecular complexity index is 437. The minimum Gasteiger partial charge on any atom is -0.454 e. The van der Waals surface area contributed by atoms with Crippen molar-refractivity contribution < 1.29 is 14.3 Å². The zero-order chi connectivity index (χ0) is 13.0. The first kappa shape index (κ1) is 13.0. The van der Waals surface area contributed by atoms with Gasteiger partial charge in [-0.2, -0.15) is 11.8 Å². The molecule has 6 heteroatoms. The number of benzene rings is 1. The van der Waals surface area contributed by atoms with E-state index in [2.05, 4.69) is 5.32 Å². The number of ether oxygens (including phenoxy) is 2. The number of thioether (sulfide) groups is 1. The maximum atomic E-state index is 11.6. The zero-order valence-corrected chi connectivity index (χ0v) is 11.0. The van der Waals surface area contributed by atoms with E-state index in [4.69, 9.17) is 15.2 Å². The molecule has 98 valence electrons. The smallest absolute Gasteiger partial charge is 0.234 e. The highest BCUT2D eigenvalue weighted by Crippen LogP contribution is 2.34. The molecule has 0 bridgehead atoms. The minimum absolute atomic E-state index is 0.0421. The number of carbonyl (C=O) groups excluding carboxylic acids is 1. The summed E-state index contributed by atoms with van der Waals surface area (Å²) in [6.07, 6.45) is 0. The summed E-state index contributed by atoms with van der Waals surface area (Å²) in [5, 5.41) is 2.81. The molecule has 1 aromatic rings. The molecule has 3 N–H and O–H groups in total. The number of amides is 1. The second-order valence-corrected chi connectivity index (χ2v) is 5.14. The van der Waals surface area contributed by atoms with Gasteiger partial charge in [-0.3, -0.25) is 4.79 Å². The molecule has 1 amide bonds. The molecule has 0 fully saturated rings. The Morgan fingerprint density at radius 1 is 1.50 bits per heavy atom. The van der Waals surface area contributed by atoms with E-state index in [0.29, 0.717) is 22.9 Å². The Balaban J connectivity index is 1.84. The first-order chi connectivity index (χ1) is 8.65. The van der Waals surface area contributed by atoms with Gasteiger partial charge >= 0.3 is 0 Å². The third-order valence-electron chi connectivity index (χ3n) is 2.27. The van der Waals surface area contributed by atoms with Gasteiger partial charge in [0, 0.05) is 23.5 Å². The quantitative estimate of drug-likeness (QED) is 0.845. The molecule has 1 aliphatic rings. The van der Waals surface area contributed by atoms with E-state index in [0.717, 1.165) is 5.75 Å². The highest BCUT2D eigenvalue weighted by atomic mass is 32.2. The maximum Gasteiger partial charge on any atom is 0.234 e. The van der Waals surface area contributed by atoms with E-state index in [-0.39, 0.29) is 18.7 Å². The molecule has 0 saturated heterocycles. The number of anilines is 1. The van der Waals surface area contributed by atoms with Gasteiger partial charge in [-0.25, -0.2) is 0 Å². The Morgan fingerprint density at radius 2 is 2.28 bits per heavy atom. The highest BCUT2D eigenvalue weighted by Gasteiger charge is 2.14. The standard InChI is InChI=1S/C12H16N2O3S/c1-8(13)5-18-6-12(15)14-9-2-3-10-11(4-9)17-7-16-10/h2-4,8H,5-7,13H2,1H3,(H,14,15). The fourth-order valence-corrected chi connectivity index (χ4v) is 2.26. The van der Waals surface area contributed by atoms with E-state index in [1.807, 2.05) is 6.92 Å². The van der Waals surface area contributed by atoms with E-state index in [9.17, 15) is 4.79 Å². The summed E-state index contributed by atoms with van der Waals surface area (Å²) < 4.78 is 10.4. The number of nitrogens with two attached hydrogens (primary N) is 1. The van der Waals surface area contributed by atoms with Crippen LogP contribution in [0.2, 0.25) is 0 Å². The number of hydrogen-bond donors (Lipinski definition) is 2. The zero-order valence-electron chi connectivity index (χ0n) is 10.1. The van der Waals surface area contributed by atoms with Crippen LogP contribution in [-0.4, -0.2) is 30.2 Å². The molecule has 0 radical (unpaired) electrons. The van der Waals surface area contributed by atoms with Gasteiger partial charge in [-0.1, -0.05) is 0 Å². The fourth-order valence-electron chi connectivity index (χ4n) is 1.51. The Morgan fingerprint density at radius 3 is 3.06 bits per heavy atom. The molecule has 1 unspecified atom stereocenters. The summed E-state index contributed by atoms with van der Waals surface area (Å²) in [7, 11) is 0. The third-order valence-corrected chi connectivity index (χ3v) is 3.50. The lowest BCUT2D eigenvalue weighted by atomic mass is 10.3. The minimum atomic E-state index is -0.0421. The highest BCUT2D eigenvalue weighted by molar-refractivity contribution is 8.00. The van der Waals surface area contributed by atoms with Crippen LogP contribution in [0, 0.1) is 0 Å². The Hall–Kier alpha value is -1.40. The fraction of sp³-hybridized carbons (Fsp3) is 0.417. The maximum absolute atomic E-state index is 11.6. The van der Waals surface area contributed by atoms with Crippen LogP contribution in [0.25, 0.3) is 0 Å². The lowest BCUT2D eigenvalue weighted by Crippen LogP contribution is -2.20. The van der Waals surface area contributed by atoms with Gasteiger partial charge in [-0.05, 0) is 19.1 Å². The Kier molecular flexibility index (Phi) is 4.33. The largest absolute Gasteiger partial charge is 0.454 e. The van der Waals surface area contributed by atoms with Crippen molar-refractivity contribution in [2.75, 3.05) is 23.6 Å². The van der Waals surface area contributed by atoms with Crippen LogP contribution in [-0.2, 0) is 4.79 Å².